The van der Waals surface area contributed by atoms with Crippen molar-refractivity contribution < 1.29 is 9.53 Å². The second kappa shape index (κ2) is 10.0. The van der Waals surface area contributed by atoms with Crippen molar-refractivity contribution >= 4 is 17.7 Å². The van der Waals surface area contributed by atoms with Crippen LogP contribution in [0.5, 0.6) is 0 Å². The summed E-state index contributed by atoms with van der Waals surface area (Å²) in [5.74, 6) is 1.44. The van der Waals surface area contributed by atoms with Crippen molar-refractivity contribution in [3.05, 3.63) is 41.7 Å². The minimum Gasteiger partial charge on any atom is -0.378 e. The van der Waals surface area contributed by atoms with Crippen LogP contribution in [0.25, 0.3) is 0 Å². The Morgan fingerprint density at radius 3 is 2.57 bits per heavy atom. The average Bonchev–Trinajstić information content (AvgIpc) is 3.10. The molecular weight excluding hydrogens is 374 g/mol. The number of morpholine rings is 1. The number of thioether (sulfide) groups is 1. The topological polar surface area (TPSA) is 63.5 Å². The third-order valence-corrected chi connectivity index (χ3v) is 5.88. The molecule has 1 aromatic carbocycles. The van der Waals surface area contributed by atoms with Crippen LogP contribution in [-0.4, -0.2) is 76.6 Å². The van der Waals surface area contributed by atoms with Crippen molar-refractivity contribution in [1.29, 1.82) is 0 Å². The van der Waals surface area contributed by atoms with E-state index in [0.29, 0.717) is 38.6 Å². The average molecular weight is 404 g/mol. The van der Waals surface area contributed by atoms with Crippen molar-refractivity contribution in [1.82, 2.24) is 24.6 Å². The van der Waals surface area contributed by atoms with Gasteiger partial charge in [-0.2, -0.15) is 0 Å². The fourth-order valence-corrected chi connectivity index (χ4v) is 4.22. The maximum absolute atomic E-state index is 12.5. The molecule has 0 N–H and O–H groups in total. The Morgan fingerprint density at radius 1 is 1.21 bits per heavy atom. The number of benzene rings is 1. The Labute approximate surface area is 171 Å². The molecule has 7 nitrogen and oxygen atoms in total. The molecule has 1 aliphatic heterocycles. The van der Waals surface area contributed by atoms with Crippen molar-refractivity contribution in [3.8, 4) is 0 Å². The van der Waals surface area contributed by atoms with Gasteiger partial charge in [-0.3, -0.25) is 9.69 Å². The molecule has 1 saturated heterocycles. The number of nitrogens with zero attached hydrogens (tertiary/aromatic N) is 5. The highest BCUT2D eigenvalue weighted by molar-refractivity contribution is 7.99. The number of hydrogen-bond donors (Lipinski definition) is 0. The van der Waals surface area contributed by atoms with Crippen molar-refractivity contribution in [2.24, 2.45) is 0 Å². The molecule has 0 saturated carbocycles. The van der Waals surface area contributed by atoms with E-state index in [1.165, 1.54) is 17.3 Å². The SMILES string of the molecule is CC[C@H](c1nnc(SCC(=O)N2CCOCC2)n1Cc1ccccc1)N(C)C. The summed E-state index contributed by atoms with van der Waals surface area (Å²) in [7, 11) is 4.12. The predicted molar refractivity (Wildman–Crippen MR) is 110 cm³/mol. The van der Waals surface area contributed by atoms with Gasteiger partial charge in [0.2, 0.25) is 5.91 Å². The van der Waals surface area contributed by atoms with E-state index in [1.807, 2.05) is 23.1 Å². The van der Waals surface area contributed by atoms with Gasteiger partial charge in [-0.15, -0.1) is 10.2 Å². The molecular formula is C20H29N5O2S. The first-order chi connectivity index (χ1) is 13.6. The van der Waals surface area contributed by atoms with Crippen LogP contribution >= 0.6 is 11.8 Å². The Morgan fingerprint density at radius 2 is 1.93 bits per heavy atom. The van der Waals surface area contributed by atoms with E-state index in [4.69, 9.17) is 4.74 Å². The van der Waals surface area contributed by atoms with Gasteiger partial charge in [0.1, 0.15) is 0 Å². The molecule has 0 radical (unpaired) electrons. The lowest BCUT2D eigenvalue weighted by molar-refractivity contribution is -0.132. The molecule has 152 valence electrons. The van der Waals surface area contributed by atoms with E-state index >= 15 is 0 Å². The summed E-state index contributed by atoms with van der Waals surface area (Å²) in [6, 6.07) is 10.5. The van der Waals surface area contributed by atoms with E-state index in [1.54, 1.807) is 0 Å². The number of carbonyl (C=O) groups excluding carboxylic acids is 1. The first-order valence-electron chi connectivity index (χ1n) is 9.72. The normalized spacial score (nSPS) is 15.8. The minimum atomic E-state index is 0.128. The summed E-state index contributed by atoms with van der Waals surface area (Å²) in [5, 5.41) is 9.73. The maximum atomic E-state index is 12.5. The Bertz CT molecular complexity index is 759. The fraction of sp³-hybridized carbons (Fsp3) is 0.550. The molecule has 8 heteroatoms. The summed E-state index contributed by atoms with van der Waals surface area (Å²) in [6.07, 6.45) is 0.942. The predicted octanol–water partition coefficient (Wildman–Crippen LogP) is 2.29. The largest absolute Gasteiger partial charge is 0.378 e. The zero-order valence-corrected chi connectivity index (χ0v) is 17.7. The van der Waals surface area contributed by atoms with Gasteiger partial charge in [0, 0.05) is 13.1 Å². The molecule has 2 aromatic rings. The van der Waals surface area contributed by atoms with E-state index in [2.05, 4.69) is 52.8 Å². The maximum Gasteiger partial charge on any atom is 0.233 e. The molecule has 1 aliphatic rings. The first kappa shape index (κ1) is 20.8. The molecule has 3 rings (SSSR count). The summed E-state index contributed by atoms with van der Waals surface area (Å²) in [4.78, 5) is 16.6. The highest BCUT2D eigenvalue weighted by Crippen LogP contribution is 2.26. The van der Waals surface area contributed by atoms with Gasteiger partial charge in [0.25, 0.3) is 0 Å². The lowest BCUT2D eigenvalue weighted by Crippen LogP contribution is -2.41. The van der Waals surface area contributed by atoms with Crippen LogP contribution in [0.2, 0.25) is 0 Å². The van der Waals surface area contributed by atoms with Crippen molar-refractivity contribution in [2.75, 3.05) is 46.2 Å². The summed E-state index contributed by atoms with van der Waals surface area (Å²) < 4.78 is 7.48. The van der Waals surface area contributed by atoms with Gasteiger partial charge in [-0.05, 0) is 26.1 Å². The number of aromatic nitrogens is 3. The van der Waals surface area contributed by atoms with E-state index in [9.17, 15) is 4.79 Å². The van der Waals surface area contributed by atoms with Crippen molar-refractivity contribution in [3.63, 3.8) is 0 Å². The van der Waals surface area contributed by atoms with Gasteiger partial charge in [-0.25, -0.2) is 0 Å². The van der Waals surface area contributed by atoms with E-state index in [-0.39, 0.29) is 11.9 Å². The molecule has 28 heavy (non-hydrogen) atoms. The molecule has 1 aromatic heterocycles. The number of hydrogen-bond acceptors (Lipinski definition) is 6. The van der Waals surface area contributed by atoms with Crippen LogP contribution in [0.1, 0.15) is 30.8 Å². The summed E-state index contributed by atoms with van der Waals surface area (Å²) in [6.45, 7) is 5.42. The molecule has 2 heterocycles. The molecule has 0 bridgehead atoms. The van der Waals surface area contributed by atoms with Crippen LogP contribution in [0, 0.1) is 0 Å². The second-order valence-electron chi connectivity index (χ2n) is 7.08. The van der Waals surface area contributed by atoms with Gasteiger partial charge < -0.3 is 14.2 Å². The molecule has 1 atom stereocenters. The molecule has 1 fully saturated rings. The number of amides is 1. The van der Waals surface area contributed by atoms with Crippen LogP contribution in [0.15, 0.2) is 35.5 Å². The highest BCUT2D eigenvalue weighted by Gasteiger charge is 2.24. The lowest BCUT2D eigenvalue weighted by Gasteiger charge is -2.26. The first-order valence-corrected chi connectivity index (χ1v) is 10.7. The van der Waals surface area contributed by atoms with Crippen LogP contribution < -0.4 is 0 Å². The van der Waals surface area contributed by atoms with Crippen molar-refractivity contribution in [2.45, 2.75) is 31.1 Å². The summed E-state index contributed by atoms with van der Waals surface area (Å²) in [5.41, 5.74) is 1.19. The van der Waals surface area contributed by atoms with Crippen LogP contribution in [-0.2, 0) is 16.1 Å². The molecule has 1 amide bonds. The van der Waals surface area contributed by atoms with Gasteiger partial charge in [0.05, 0.1) is 31.6 Å². The number of carbonyl (C=O) groups is 1. The Hall–Kier alpha value is -1.90. The Balaban J connectivity index is 1.79. The third kappa shape index (κ3) is 5.12. The highest BCUT2D eigenvalue weighted by atomic mass is 32.2. The summed E-state index contributed by atoms with van der Waals surface area (Å²) >= 11 is 1.47. The standard InChI is InChI=1S/C20H29N5O2S/c1-4-17(23(2)3)19-21-22-20(25(19)14-16-8-6-5-7-9-16)28-15-18(26)24-10-12-27-13-11-24/h5-9,17H,4,10-15H2,1-3H3/t17-/m1/s1. The second-order valence-corrected chi connectivity index (χ2v) is 8.02. The number of rotatable bonds is 8. The van der Waals surface area contributed by atoms with Gasteiger partial charge in [-0.1, -0.05) is 49.0 Å². The zero-order valence-electron chi connectivity index (χ0n) is 16.9. The third-order valence-electron chi connectivity index (χ3n) is 4.93. The van der Waals surface area contributed by atoms with Gasteiger partial charge >= 0.3 is 0 Å². The monoisotopic (exact) mass is 403 g/mol. The van der Waals surface area contributed by atoms with E-state index in [0.717, 1.165) is 17.4 Å². The van der Waals surface area contributed by atoms with Gasteiger partial charge in [0.15, 0.2) is 11.0 Å². The smallest absolute Gasteiger partial charge is 0.233 e. The Kier molecular flexibility index (Phi) is 7.47. The molecule has 0 spiro atoms. The van der Waals surface area contributed by atoms with Crippen LogP contribution in [0.4, 0.5) is 0 Å². The van der Waals surface area contributed by atoms with Crippen LogP contribution in [0.3, 0.4) is 0 Å². The minimum absolute atomic E-state index is 0.128. The quantitative estimate of drug-likeness (QED) is 0.630. The van der Waals surface area contributed by atoms with E-state index < -0.39 is 0 Å². The number of ether oxygens (including phenoxy) is 1. The molecule has 0 unspecified atom stereocenters. The zero-order chi connectivity index (χ0) is 19.9. The fourth-order valence-electron chi connectivity index (χ4n) is 3.38. The lowest BCUT2D eigenvalue weighted by atomic mass is 10.2. The molecule has 0 aliphatic carbocycles.